The average molecular weight is 721 g/mol. The zero-order valence-electron chi connectivity index (χ0n) is 29.8. The van der Waals surface area contributed by atoms with Crippen molar-refractivity contribution >= 4 is 39.6 Å². The molecule has 3 saturated carbocycles. The number of urea groups is 1. The third-order valence-corrected chi connectivity index (χ3v) is 14.9. The minimum absolute atomic E-state index is 0.00469. The largest absolute Gasteiger partial charge is 0.379 e. The van der Waals surface area contributed by atoms with Crippen molar-refractivity contribution in [3.05, 3.63) is 0 Å². The van der Waals surface area contributed by atoms with Crippen molar-refractivity contribution < 1.29 is 37.1 Å². The van der Waals surface area contributed by atoms with E-state index in [-0.39, 0.29) is 29.9 Å². The van der Waals surface area contributed by atoms with Crippen LogP contribution in [0.15, 0.2) is 0 Å². The van der Waals surface area contributed by atoms with Gasteiger partial charge in [0.15, 0.2) is 0 Å². The minimum atomic E-state index is -3.60. The summed E-state index contributed by atoms with van der Waals surface area (Å²) in [5.74, 6) is -2.37. The molecule has 0 aromatic carbocycles. The molecule has 3 aliphatic carbocycles. The molecule has 0 radical (unpaired) electrons. The summed E-state index contributed by atoms with van der Waals surface area (Å²) in [6.45, 7) is 5.11. The highest BCUT2D eigenvalue weighted by Gasteiger charge is 2.69. The van der Waals surface area contributed by atoms with Gasteiger partial charge < -0.3 is 30.9 Å². The van der Waals surface area contributed by atoms with E-state index in [1.54, 1.807) is 7.05 Å². The first kappa shape index (κ1) is 37.0. The Morgan fingerprint density at radius 2 is 1.58 bits per heavy atom. The second-order valence-corrected chi connectivity index (χ2v) is 18.4. The van der Waals surface area contributed by atoms with Gasteiger partial charge in [0.1, 0.15) is 12.1 Å². The van der Waals surface area contributed by atoms with Gasteiger partial charge in [0.05, 0.1) is 23.4 Å². The Morgan fingerprint density at radius 1 is 0.900 bits per heavy atom. The number of nitrogens with zero attached hydrogens (tertiary/aromatic N) is 2. The van der Waals surface area contributed by atoms with E-state index in [0.717, 1.165) is 57.8 Å². The standard InChI is InChI=1S/C35H56N6O8S/c1-34(2)23-20-41-28(27(23)34)30(43)37-24(29(42)31(44)36-22-13-14-22)12-8-5-4-6-11-19-49-21-25(32(41)45)38-33(46)39-35(16-9-7-10-17-35)26-15-18-40(3)50(26,47)48/h22-28H,4-21H2,1-3H3,(H,36,44)(H,37,43)(H2,38,39,46)/t23-,24-,25-,26+,27-,28-/m0/s1. The number of hydrogen-bond donors (Lipinski definition) is 4. The van der Waals surface area contributed by atoms with Crippen LogP contribution in [0.4, 0.5) is 4.79 Å². The maximum Gasteiger partial charge on any atom is 0.315 e. The molecule has 15 heteroatoms. The third-order valence-electron chi connectivity index (χ3n) is 12.4. The zero-order valence-corrected chi connectivity index (χ0v) is 30.7. The second-order valence-electron chi connectivity index (χ2n) is 16.2. The molecule has 6 aliphatic rings. The summed E-state index contributed by atoms with van der Waals surface area (Å²) in [5.41, 5.74) is -1.16. The van der Waals surface area contributed by atoms with Gasteiger partial charge in [0, 0.05) is 32.8 Å². The molecule has 6 atom stereocenters. The number of rotatable bonds is 6. The molecule has 0 aromatic heterocycles. The molecule has 50 heavy (non-hydrogen) atoms. The van der Waals surface area contributed by atoms with Crippen molar-refractivity contribution in [3.63, 3.8) is 0 Å². The molecule has 3 aliphatic heterocycles. The fourth-order valence-corrected chi connectivity index (χ4v) is 11.2. The van der Waals surface area contributed by atoms with E-state index in [9.17, 15) is 32.4 Å². The highest BCUT2D eigenvalue weighted by molar-refractivity contribution is 7.90. The summed E-state index contributed by atoms with van der Waals surface area (Å²) in [6, 6.07) is -3.62. The number of ketones is 1. The molecule has 4 N–H and O–H groups in total. The Balaban J connectivity index is 1.22. The summed E-state index contributed by atoms with van der Waals surface area (Å²) in [5, 5.41) is 10.8. The van der Waals surface area contributed by atoms with E-state index in [2.05, 4.69) is 35.1 Å². The number of fused-ring (bicyclic) bond motifs is 3. The topological polar surface area (TPSA) is 183 Å². The van der Waals surface area contributed by atoms with Crippen LogP contribution >= 0.6 is 0 Å². The Morgan fingerprint density at radius 3 is 2.26 bits per heavy atom. The van der Waals surface area contributed by atoms with E-state index in [1.165, 1.54) is 9.21 Å². The smallest absolute Gasteiger partial charge is 0.315 e. The predicted molar refractivity (Wildman–Crippen MR) is 184 cm³/mol. The third kappa shape index (κ3) is 7.55. The normalized spacial score (nSPS) is 34.5. The van der Waals surface area contributed by atoms with Gasteiger partial charge in [-0.05, 0) is 62.2 Å². The van der Waals surface area contributed by atoms with E-state index in [4.69, 9.17) is 4.74 Å². The number of ether oxygens (including phenoxy) is 1. The van der Waals surface area contributed by atoms with Gasteiger partial charge in [-0.25, -0.2) is 17.5 Å². The minimum Gasteiger partial charge on any atom is -0.379 e. The monoisotopic (exact) mass is 720 g/mol. The van der Waals surface area contributed by atoms with Gasteiger partial charge in [0.25, 0.3) is 5.91 Å². The molecule has 280 valence electrons. The lowest BCUT2D eigenvalue weighted by atomic mass is 9.78. The van der Waals surface area contributed by atoms with Crippen molar-refractivity contribution in [2.45, 2.75) is 139 Å². The molecule has 3 heterocycles. The lowest BCUT2D eigenvalue weighted by Gasteiger charge is -2.42. The summed E-state index contributed by atoms with van der Waals surface area (Å²) in [7, 11) is -2.04. The van der Waals surface area contributed by atoms with Crippen molar-refractivity contribution in [3.8, 4) is 0 Å². The summed E-state index contributed by atoms with van der Waals surface area (Å²) in [6.07, 6.45) is 9.98. The van der Waals surface area contributed by atoms with E-state index in [1.807, 2.05) is 0 Å². The van der Waals surface area contributed by atoms with Crippen molar-refractivity contribution in [1.82, 2.24) is 30.5 Å². The molecule has 6 fully saturated rings. The Bertz CT molecular complexity index is 1440. The number of sulfonamides is 1. The van der Waals surface area contributed by atoms with E-state index < -0.39 is 68.5 Å². The Hall–Kier alpha value is -2.78. The molecule has 6 rings (SSSR count). The molecule has 0 spiro atoms. The Kier molecular flexibility index (Phi) is 10.9. The number of carbonyl (C=O) groups excluding carboxylic acids is 5. The predicted octanol–water partition coefficient (Wildman–Crippen LogP) is 1.58. The first-order chi connectivity index (χ1) is 23.8. The second kappa shape index (κ2) is 14.7. The lowest BCUT2D eigenvalue weighted by molar-refractivity contribution is -0.144. The van der Waals surface area contributed by atoms with Gasteiger partial charge in [-0.2, -0.15) is 0 Å². The summed E-state index contributed by atoms with van der Waals surface area (Å²) < 4.78 is 34.0. The maximum absolute atomic E-state index is 14.4. The lowest BCUT2D eigenvalue weighted by Crippen LogP contribution is -2.64. The van der Waals surface area contributed by atoms with Crippen molar-refractivity contribution in [1.29, 1.82) is 0 Å². The molecule has 14 nitrogen and oxygen atoms in total. The summed E-state index contributed by atoms with van der Waals surface area (Å²) >= 11 is 0. The van der Waals surface area contributed by atoms with Crippen LogP contribution in [-0.2, 0) is 33.9 Å². The maximum atomic E-state index is 14.4. The number of hydrogen-bond acceptors (Lipinski definition) is 8. The highest BCUT2D eigenvalue weighted by atomic mass is 32.2. The fourth-order valence-electron chi connectivity index (χ4n) is 9.12. The molecule has 5 amide bonds. The molecule has 3 saturated heterocycles. The van der Waals surface area contributed by atoms with Gasteiger partial charge in [0.2, 0.25) is 27.6 Å². The van der Waals surface area contributed by atoms with Crippen LogP contribution in [0.5, 0.6) is 0 Å². The quantitative estimate of drug-likeness (QED) is 0.298. The van der Waals surface area contributed by atoms with Crippen LogP contribution in [0.3, 0.4) is 0 Å². The van der Waals surface area contributed by atoms with Crippen LogP contribution in [0.2, 0.25) is 0 Å². The van der Waals surface area contributed by atoms with Crippen LogP contribution in [-0.4, -0.2) is 115 Å². The number of nitrogens with one attached hydrogen (secondary N) is 4. The zero-order chi connectivity index (χ0) is 35.8. The Labute approximate surface area is 296 Å². The van der Waals surface area contributed by atoms with Crippen molar-refractivity contribution in [2.75, 3.05) is 33.4 Å². The fraction of sp³-hybridized carbons (Fsp3) is 0.857. The van der Waals surface area contributed by atoms with E-state index in [0.29, 0.717) is 51.8 Å². The highest BCUT2D eigenvalue weighted by Crippen LogP contribution is 2.65. The molecule has 0 unspecified atom stereocenters. The first-order valence-electron chi connectivity index (χ1n) is 18.8. The molecule has 0 aromatic rings. The summed E-state index contributed by atoms with van der Waals surface area (Å²) in [4.78, 5) is 70.0. The van der Waals surface area contributed by atoms with Crippen LogP contribution in [0.25, 0.3) is 0 Å². The van der Waals surface area contributed by atoms with Gasteiger partial charge in [-0.1, -0.05) is 58.8 Å². The van der Waals surface area contributed by atoms with Crippen LogP contribution in [0, 0.1) is 17.3 Å². The average Bonchev–Trinajstić information content (AvgIpc) is 3.88. The SMILES string of the molecule is CN1CC[C@H](C2(NC(=O)N[C@H]3COCCCCCCC[C@@H](C(=O)C(=O)NC4CC4)NC(=O)[C@@H]4[C@@H]5[C@H](CN4C3=O)C5(C)C)CCCCC2)S1(=O)=O. The molecular formula is C35H56N6O8S. The molecule has 0 bridgehead atoms. The van der Waals surface area contributed by atoms with Gasteiger partial charge in [-0.15, -0.1) is 0 Å². The number of amides is 5. The molecular weight excluding hydrogens is 664 g/mol. The van der Waals surface area contributed by atoms with Crippen LogP contribution in [0.1, 0.15) is 104 Å². The van der Waals surface area contributed by atoms with E-state index >= 15 is 0 Å². The number of Topliss-reactive ketones (excluding diaryl/α,β-unsaturated/α-hetero) is 1. The van der Waals surface area contributed by atoms with Crippen molar-refractivity contribution in [2.24, 2.45) is 17.3 Å². The number of carbonyl (C=O) groups is 5. The van der Waals surface area contributed by atoms with Gasteiger partial charge in [-0.3, -0.25) is 19.2 Å². The number of piperidine rings is 1. The first-order valence-corrected chi connectivity index (χ1v) is 20.3. The van der Waals surface area contributed by atoms with Crippen LogP contribution < -0.4 is 21.3 Å². The van der Waals surface area contributed by atoms with Gasteiger partial charge >= 0.3 is 6.03 Å².